The van der Waals surface area contributed by atoms with Crippen LogP contribution in [0.5, 0.6) is 0 Å². The van der Waals surface area contributed by atoms with E-state index in [1.807, 2.05) is 0 Å². The van der Waals surface area contributed by atoms with E-state index in [9.17, 15) is 0 Å². The summed E-state index contributed by atoms with van der Waals surface area (Å²) in [7, 11) is -1.65. The van der Waals surface area contributed by atoms with Gasteiger partial charge in [0.2, 0.25) is 0 Å². The van der Waals surface area contributed by atoms with Crippen molar-refractivity contribution < 1.29 is 25.8 Å². The number of hydrogen-bond donors (Lipinski definition) is 1. The van der Waals surface area contributed by atoms with Crippen LogP contribution < -0.4 is 5.32 Å². The monoisotopic (exact) mass is 892 g/mol. The van der Waals surface area contributed by atoms with Crippen molar-refractivity contribution in [2.24, 2.45) is 59.2 Å². The Hall–Kier alpha value is 1.22. The van der Waals surface area contributed by atoms with Crippen LogP contribution in [0.4, 0.5) is 0 Å². The Morgan fingerprint density at radius 3 is 1.74 bits per heavy atom. The molecule has 0 aromatic carbocycles. The molecule has 0 amide bonds. The largest absolute Gasteiger partial charge is 0.655 e. The molecule has 2 nitrogen and oxygen atoms in total. The van der Waals surface area contributed by atoms with Crippen molar-refractivity contribution in [3.8, 4) is 0 Å². The van der Waals surface area contributed by atoms with Gasteiger partial charge in [-0.05, 0) is 60.9 Å². The van der Waals surface area contributed by atoms with Crippen LogP contribution in [0.15, 0.2) is 0 Å². The van der Waals surface area contributed by atoms with Gasteiger partial charge in [-0.15, -0.1) is 26.1 Å². The van der Waals surface area contributed by atoms with E-state index in [2.05, 4.69) is 98.6 Å². The molecule has 1 aliphatic heterocycles. The summed E-state index contributed by atoms with van der Waals surface area (Å²) in [6.45, 7) is 29.6. The molecule has 0 spiro atoms. The van der Waals surface area contributed by atoms with Crippen LogP contribution in [0.1, 0.15) is 144 Å². The first-order valence-corrected chi connectivity index (χ1v) is 29.5. The van der Waals surface area contributed by atoms with Crippen molar-refractivity contribution in [2.45, 2.75) is 214 Å². The molecule has 0 aromatic rings. The van der Waals surface area contributed by atoms with E-state index in [0.29, 0.717) is 24.2 Å². The molecule has 1 N–H and O–H groups in total. The van der Waals surface area contributed by atoms with Crippen LogP contribution >= 0.6 is 0 Å². The van der Waals surface area contributed by atoms with Crippen molar-refractivity contribution in [1.82, 2.24) is 5.32 Å². The van der Waals surface area contributed by atoms with Gasteiger partial charge < -0.3 is 23.1 Å². The number of nitrogens with one attached hydrogen (secondary N) is 1. The maximum Gasteiger partial charge on any atom is 0.0147 e. The van der Waals surface area contributed by atoms with Crippen molar-refractivity contribution in [1.29, 1.82) is 0 Å². The molecule has 10 unspecified atom stereocenters. The Balaban J connectivity index is 0.000000537. The van der Waals surface area contributed by atoms with Crippen LogP contribution in [0, 0.1) is 71.6 Å². The van der Waals surface area contributed by atoms with Crippen LogP contribution in [0.25, 0.3) is 5.32 Å². The van der Waals surface area contributed by atoms with E-state index in [1.165, 1.54) is 109 Å². The van der Waals surface area contributed by atoms with E-state index in [4.69, 9.17) is 5.32 Å². The average Bonchev–Trinajstić information content (AvgIpc) is 3.05. The van der Waals surface area contributed by atoms with Crippen molar-refractivity contribution >= 4 is 16.1 Å². The molecular weight excluding hydrogens is 803 g/mol. The van der Waals surface area contributed by atoms with Gasteiger partial charge in [0, 0.05) is 33.9 Å². The Morgan fingerprint density at radius 2 is 1.18 bits per heavy atom. The molecule has 50 heavy (non-hydrogen) atoms. The SMILES string of the molecule is CC(C)C1CCCCC1C([N-]C1C(C(C)C)CCCC1C(C)C)C1CCCC(C2[CH-]CCC3CCCCC32)N1.C[Si](C)(C)[CH-]C[Si](C)(C)C.[Hf]. The zero-order valence-corrected chi connectivity index (χ0v) is 41.3. The van der Waals surface area contributed by atoms with E-state index in [-0.39, 0.29) is 25.8 Å². The minimum absolute atomic E-state index is 0. The summed E-state index contributed by atoms with van der Waals surface area (Å²) in [5.74, 6) is 8.30. The fraction of sp³-hybridized carbons (Fsp3) is 0.956. The maximum absolute atomic E-state index is 6.21. The summed E-state index contributed by atoms with van der Waals surface area (Å²) >= 11 is 0. The van der Waals surface area contributed by atoms with Gasteiger partial charge >= 0.3 is 0 Å². The molecule has 10 atom stereocenters. The molecule has 0 radical (unpaired) electrons. The first-order valence-electron chi connectivity index (χ1n) is 22.2. The minimum Gasteiger partial charge on any atom is -0.655 e. The Kier molecular flexibility index (Phi) is 19.1. The summed E-state index contributed by atoms with van der Waals surface area (Å²) in [6.07, 6.45) is 25.8. The molecule has 4 saturated carbocycles. The quantitative estimate of drug-likeness (QED) is 0.162. The molecule has 1 saturated heterocycles. The van der Waals surface area contributed by atoms with Crippen LogP contribution in [0.2, 0.25) is 45.3 Å². The molecule has 292 valence electrons. The first kappa shape index (κ1) is 45.6. The number of piperidine rings is 1. The predicted molar refractivity (Wildman–Crippen MR) is 225 cm³/mol. The Bertz CT molecular complexity index is 908. The standard InChI is InChI=1S/C37H66N2.C8H21Si2.Hf/c1-24(2)28-16-9-10-18-33(28)37(39-36-29(25(3)4)19-12-20-30(36)26(5)6)35-23-13-22-34(38-35)32-21-11-15-27-14-7-8-17-31(27)32;1-9(2,3)7-8-10(4,5)6;/h21,24-38H,7-20,22-23H2,1-6H3;7H,8H2,1-6H3;/q-2;-1;. The Morgan fingerprint density at radius 1 is 0.640 bits per heavy atom. The molecule has 0 aromatic heterocycles. The third kappa shape index (κ3) is 13.5. The van der Waals surface area contributed by atoms with Crippen LogP contribution in [0.3, 0.4) is 0 Å². The van der Waals surface area contributed by atoms with Crippen molar-refractivity contribution in [3.63, 3.8) is 0 Å². The number of fused-ring (bicyclic) bond motifs is 1. The number of rotatable bonds is 11. The summed E-state index contributed by atoms with van der Waals surface area (Å²) < 4.78 is 0. The fourth-order valence-corrected chi connectivity index (χ4v) is 16.4. The average molecular weight is 891 g/mol. The molecule has 0 bridgehead atoms. The van der Waals surface area contributed by atoms with E-state index >= 15 is 0 Å². The van der Waals surface area contributed by atoms with Crippen molar-refractivity contribution in [3.05, 3.63) is 17.8 Å². The van der Waals surface area contributed by atoms with Gasteiger partial charge in [-0.2, -0.15) is 12.5 Å². The number of nitrogens with zero attached hydrogens (tertiary/aromatic N) is 1. The summed E-state index contributed by atoms with van der Waals surface area (Å²) in [4.78, 5) is 0. The smallest absolute Gasteiger partial charge is 0.0147 e. The molecule has 5 rings (SSSR count). The molecule has 5 fully saturated rings. The van der Waals surface area contributed by atoms with Gasteiger partial charge in [0.1, 0.15) is 0 Å². The third-order valence-corrected chi connectivity index (χ3v) is 17.5. The molecule has 4 aliphatic carbocycles. The van der Waals surface area contributed by atoms with Gasteiger partial charge in [0.15, 0.2) is 0 Å². The van der Waals surface area contributed by atoms with Gasteiger partial charge in [-0.3, -0.25) is 0 Å². The van der Waals surface area contributed by atoms with E-state index < -0.39 is 16.1 Å². The summed E-state index contributed by atoms with van der Waals surface area (Å²) in [5.41, 5.74) is 0. The summed E-state index contributed by atoms with van der Waals surface area (Å²) in [6, 6.07) is 6.41. The normalized spacial score (nSPS) is 36.3. The second-order valence-corrected chi connectivity index (χ2v) is 32.1. The summed E-state index contributed by atoms with van der Waals surface area (Å²) in [5, 5.41) is 10.7. The second-order valence-electron chi connectivity index (χ2n) is 21.5. The predicted octanol–water partition coefficient (Wildman–Crippen LogP) is 13.6. The zero-order valence-electron chi connectivity index (χ0n) is 35.7. The van der Waals surface area contributed by atoms with Crippen molar-refractivity contribution in [2.75, 3.05) is 0 Å². The molecule has 1 heterocycles. The number of hydrogen-bond acceptors (Lipinski definition) is 1. The maximum atomic E-state index is 6.21. The third-order valence-electron chi connectivity index (χ3n) is 14.3. The van der Waals surface area contributed by atoms with Crippen LogP contribution in [-0.4, -0.2) is 40.3 Å². The van der Waals surface area contributed by atoms with Gasteiger partial charge in [-0.1, -0.05) is 182 Å². The van der Waals surface area contributed by atoms with E-state index in [0.717, 1.165) is 59.2 Å². The second kappa shape index (κ2) is 20.9. The fourth-order valence-electron chi connectivity index (χ4n) is 11.5. The Labute approximate surface area is 336 Å². The minimum atomic E-state index is -0.857. The van der Waals surface area contributed by atoms with Crippen LogP contribution in [-0.2, 0) is 25.8 Å². The van der Waals surface area contributed by atoms with Gasteiger partial charge in [0.05, 0.1) is 0 Å². The topological polar surface area (TPSA) is 26.1 Å². The van der Waals surface area contributed by atoms with E-state index in [1.54, 1.807) is 0 Å². The zero-order chi connectivity index (χ0) is 35.9. The van der Waals surface area contributed by atoms with Gasteiger partial charge in [0.25, 0.3) is 0 Å². The van der Waals surface area contributed by atoms with Gasteiger partial charge in [-0.25, -0.2) is 0 Å². The molecular formula is C45H87HfN2Si2-3. The molecule has 5 aliphatic rings. The molecule has 5 heteroatoms. The first-order chi connectivity index (χ1) is 23.1.